The Morgan fingerprint density at radius 1 is 1.33 bits per heavy atom. The summed E-state index contributed by atoms with van der Waals surface area (Å²) >= 11 is 1.50. The van der Waals surface area contributed by atoms with Gasteiger partial charge in [-0.2, -0.15) is 0 Å². The smallest absolute Gasteiger partial charge is 0.348 e. The van der Waals surface area contributed by atoms with E-state index in [2.05, 4.69) is 12.2 Å². The Kier molecular flexibility index (Phi) is 5.00. The third kappa shape index (κ3) is 4.03. The topological polar surface area (TPSA) is 55.4 Å². The largest absolute Gasteiger partial charge is 0.451 e. The van der Waals surface area contributed by atoms with E-state index in [9.17, 15) is 9.59 Å². The van der Waals surface area contributed by atoms with Crippen LogP contribution in [0.15, 0.2) is 30.3 Å². The first-order chi connectivity index (χ1) is 11.5. The summed E-state index contributed by atoms with van der Waals surface area (Å²) in [6.45, 7) is 3.91. The number of ether oxygens (including phenoxy) is 1. The Balaban J connectivity index is 1.55. The van der Waals surface area contributed by atoms with Gasteiger partial charge in [-0.3, -0.25) is 4.79 Å². The van der Waals surface area contributed by atoms with Gasteiger partial charge in [0.05, 0.1) is 0 Å². The van der Waals surface area contributed by atoms with Crippen molar-refractivity contribution in [3.05, 3.63) is 51.2 Å². The number of thiophene rings is 1. The van der Waals surface area contributed by atoms with Crippen LogP contribution in [-0.2, 0) is 22.4 Å². The highest BCUT2D eigenvalue weighted by molar-refractivity contribution is 7.14. The molecular formula is C19H21NO3S. The maximum absolute atomic E-state index is 12.2. The maximum Gasteiger partial charge on any atom is 0.348 e. The number of esters is 1. The van der Waals surface area contributed by atoms with Crippen molar-refractivity contribution in [1.82, 2.24) is 0 Å². The molecular weight excluding hydrogens is 322 g/mol. The Labute approximate surface area is 145 Å². The highest BCUT2D eigenvalue weighted by atomic mass is 32.1. The van der Waals surface area contributed by atoms with Gasteiger partial charge in [-0.15, -0.1) is 11.3 Å². The van der Waals surface area contributed by atoms with Crippen LogP contribution in [0, 0.1) is 12.8 Å². The lowest BCUT2D eigenvalue weighted by Crippen LogP contribution is -2.20. The number of anilines is 1. The molecule has 126 valence electrons. The van der Waals surface area contributed by atoms with Gasteiger partial charge in [0.25, 0.3) is 5.91 Å². The number of aryl methyl sites for hydroxylation is 2. The van der Waals surface area contributed by atoms with Crippen molar-refractivity contribution in [1.29, 1.82) is 0 Å². The normalized spacial score (nSPS) is 16.3. The molecule has 1 aromatic carbocycles. The maximum atomic E-state index is 12.2. The molecule has 3 rings (SSSR count). The molecule has 0 fully saturated rings. The summed E-state index contributed by atoms with van der Waals surface area (Å²) in [5.74, 6) is -0.0820. The summed E-state index contributed by atoms with van der Waals surface area (Å²) in [7, 11) is 0. The van der Waals surface area contributed by atoms with E-state index in [0.29, 0.717) is 16.5 Å². The second kappa shape index (κ2) is 7.18. The van der Waals surface area contributed by atoms with Crippen molar-refractivity contribution >= 4 is 28.9 Å². The van der Waals surface area contributed by atoms with E-state index in [0.717, 1.165) is 18.4 Å². The summed E-state index contributed by atoms with van der Waals surface area (Å²) in [5.41, 5.74) is 3.02. The molecule has 2 aromatic rings. The molecule has 1 atom stereocenters. The third-order valence-corrected chi connectivity index (χ3v) is 5.38. The molecule has 1 aromatic heterocycles. The average Bonchev–Trinajstić information content (AvgIpc) is 2.95. The molecule has 1 N–H and O–H groups in total. The number of hydrogen-bond donors (Lipinski definition) is 1. The van der Waals surface area contributed by atoms with Crippen LogP contribution in [-0.4, -0.2) is 18.5 Å². The van der Waals surface area contributed by atoms with E-state index in [-0.39, 0.29) is 12.5 Å². The number of fused-ring (bicyclic) bond motifs is 1. The highest BCUT2D eigenvalue weighted by Gasteiger charge is 2.21. The Bertz CT molecular complexity index is 766. The minimum atomic E-state index is -0.415. The number of hydrogen-bond acceptors (Lipinski definition) is 4. The standard InChI is InChI=1S/C19H21NO3S/c1-12-4-3-5-15(9-12)20-18(21)11-23-19(22)17-10-14-8-13(2)6-7-16(14)24-17/h3-5,9-10,13H,6-8,11H2,1-2H3,(H,20,21)/t13-/m0/s1. The summed E-state index contributed by atoms with van der Waals surface area (Å²) in [6, 6.07) is 9.43. The molecule has 0 saturated carbocycles. The summed E-state index contributed by atoms with van der Waals surface area (Å²) in [6.07, 6.45) is 3.22. The first-order valence-electron chi connectivity index (χ1n) is 8.16. The van der Waals surface area contributed by atoms with Gasteiger partial charge >= 0.3 is 5.97 Å². The lowest BCUT2D eigenvalue weighted by atomic mass is 9.90. The molecule has 5 heteroatoms. The van der Waals surface area contributed by atoms with Crippen molar-refractivity contribution in [2.24, 2.45) is 5.92 Å². The van der Waals surface area contributed by atoms with Crippen LogP contribution in [0.3, 0.4) is 0 Å². The molecule has 1 aliphatic carbocycles. The Hall–Kier alpha value is -2.14. The van der Waals surface area contributed by atoms with Gasteiger partial charge in [0.2, 0.25) is 0 Å². The van der Waals surface area contributed by atoms with E-state index >= 15 is 0 Å². The fourth-order valence-electron chi connectivity index (χ4n) is 2.93. The van der Waals surface area contributed by atoms with Crippen molar-refractivity contribution in [3.63, 3.8) is 0 Å². The number of benzene rings is 1. The van der Waals surface area contributed by atoms with Crippen LogP contribution in [0.5, 0.6) is 0 Å². The van der Waals surface area contributed by atoms with Gasteiger partial charge in [-0.05, 0) is 61.4 Å². The molecule has 1 heterocycles. The molecule has 0 saturated heterocycles. The molecule has 1 amide bonds. The van der Waals surface area contributed by atoms with Gasteiger partial charge < -0.3 is 10.1 Å². The molecule has 0 bridgehead atoms. The SMILES string of the molecule is Cc1cccc(NC(=O)COC(=O)c2cc3c(s2)CC[C@H](C)C3)c1. The fourth-order valence-corrected chi connectivity index (χ4v) is 4.03. The number of nitrogens with one attached hydrogen (secondary N) is 1. The zero-order chi connectivity index (χ0) is 17.1. The van der Waals surface area contributed by atoms with E-state index in [1.807, 2.05) is 31.2 Å². The zero-order valence-electron chi connectivity index (χ0n) is 13.9. The van der Waals surface area contributed by atoms with E-state index < -0.39 is 5.97 Å². The van der Waals surface area contributed by atoms with Crippen molar-refractivity contribution in [2.75, 3.05) is 11.9 Å². The predicted octanol–water partition coefficient (Wildman–Crippen LogP) is 3.98. The van der Waals surface area contributed by atoms with Crippen LogP contribution in [0.2, 0.25) is 0 Å². The Morgan fingerprint density at radius 2 is 2.17 bits per heavy atom. The molecule has 24 heavy (non-hydrogen) atoms. The van der Waals surface area contributed by atoms with Crippen molar-refractivity contribution < 1.29 is 14.3 Å². The number of amides is 1. The lowest BCUT2D eigenvalue weighted by Gasteiger charge is -2.16. The fraction of sp³-hybridized carbons (Fsp3) is 0.368. The summed E-state index contributed by atoms with van der Waals surface area (Å²) < 4.78 is 5.16. The molecule has 1 aliphatic rings. The highest BCUT2D eigenvalue weighted by Crippen LogP contribution is 2.32. The first kappa shape index (κ1) is 16.7. The minimum Gasteiger partial charge on any atom is -0.451 e. The van der Waals surface area contributed by atoms with Gasteiger partial charge in [-0.1, -0.05) is 19.1 Å². The number of carbonyl (C=O) groups is 2. The van der Waals surface area contributed by atoms with Gasteiger partial charge in [0.15, 0.2) is 6.61 Å². The van der Waals surface area contributed by atoms with Gasteiger partial charge in [0, 0.05) is 10.6 Å². The summed E-state index contributed by atoms with van der Waals surface area (Å²) in [4.78, 5) is 26.0. The lowest BCUT2D eigenvalue weighted by molar-refractivity contribution is -0.119. The minimum absolute atomic E-state index is 0.272. The predicted molar refractivity (Wildman–Crippen MR) is 95.6 cm³/mol. The Morgan fingerprint density at radius 3 is 2.96 bits per heavy atom. The van der Waals surface area contributed by atoms with E-state index in [1.165, 1.54) is 28.2 Å². The zero-order valence-corrected chi connectivity index (χ0v) is 14.7. The van der Waals surface area contributed by atoms with Gasteiger partial charge in [0.1, 0.15) is 4.88 Å². The number of carbonyl (C=O) groups excluding carboxylic acids is 2. The van der Waals surface area contributed by atoms with Crippen LogP contribution in [0.1, 0.15) is 39.0 Å². The molecule has 0 spiro atoms. The molecule has 0 aliphatic heterocycles. The van der Waals surface area contributed by atoms with E-state index in [1.54, 1.807) is 6.07 Å². The van der Waals surface area contributed by atoms with Crippen LogP contribution in [0.4, 0.5) is 5.69 Å². The molecule has 4 nitrogen and oxygen atoms in total. The quantitative estimate of drug-likeness (QED) is 0.855. The van der Waals surface area contributed by atoms with E-state index in [4.69, 9.17) is 4.74 Å². The molecule has 0 radical (unpaired) electrons. The average molecular weight is 343 g/mol. The van der Waals surface area contributed by atoms with Crippen LogP contribution < -0.4 is 5.32 Å². The number of rotatable bonds is 4. The van der Waals surface area contributed by atoms with Gasteiger partial charge in [-0.25, -0.2) is 4.79 Å². The monoisotopic (exact) mass is 343 g/mol. The first-order valence-corrected chi connectivity index (χ1v) is 8.98. The van der Waals surface area contributed by atoms with Crippen molar-refractivity contribution in [2.45, 2.75) is 33.1 Å². The summed E-state index contributed by atoms with van der Waals surface area (Å²) in [5, 5.41) is 2.73. The van der Waals surface area contributed by atoms with Crippen LogP contribution >= 0.6 is 11.3 Å². The second-order valence-corrected chi connectivity index (χ2v) is 7.54. The molecule has 0 unspecified atom stereocenters. The van der Waals surface area contributed by atoms with Crippen LogP contribution in [0.25, 0.3) is 0 Å². The van der Waals surface area contributed by atoms with Crippen molar-refractivity contribution in [3.8, 4) is 0 Å². The second-order valence-electron chi connectivity index (χ2n) is 6.40. The third-order valence-electron chi connectivity index (χ3n) is 4.17.